The second-order valence-electron chi connectivity index (χ2n) is 5.49. The maximum atomic E-state index is 11.9. The van der Waals surface area contributed by atoms with Crippen molar-refractivity contribution >= 4 is 11.9 Å². The van der Waals surface area contributed by atoms with Gasteiger partial charge in [-0.1, -0.05) is 44.2 Å². The molecule has 0 aromatic heterocycles. The van der Waals surface area contributed by atoms with Crippen LogP contribution in [0.15, 0.2) is 30.3 Å². The number of esters is 2. The van der Waals surface area contributed by atoms with Crippen molar-refractivity contribution in [2.75, 3.05) is 0 Å². The fourth-order valence-corrected chi connectivity index (χ4v) is 2.31. The Morgan fingerprint density at radius 1 is 1.30 bits per heavy atom. The van der Waals surface area contributed by atoms with Crippen molar-refractivity contribution < 1.29 is 19.1 Å². The molecule has 4 heteroatoms. The van der Waals surface area contributed by atoms with Crippen LogP contribution in [0.1, 0.15) is 26.3 Å². The third kappa shape index (κ3) is 3.18. The van der Waals surface area contributed by atoms with Gasteiger partial charge in [-0.15, -0.1) is 0 Å². The molecule has 0 radical (unpaired) electrons. The van der Waals surface area contributed by atoms with Crippen molar-refractivity contribution in [1.82, 2.24) is 0 Å². The molecule has 0 N–H and O–H groups in total. The fourth-order valence-electron chi connectivity index (χ4n) is 2.31. The van der Waals surface area contributed by atoms with Gasteiger partial charge in [-0.2, -0.15) is 0 Å². The Morgan fingerprint density at radius 2 is 1.95 bits per heavy atom. The van der Waals surface area contributed by atoms with Crippen molar-refractivity contribution in [3.05, 3.63) is 35.9 Å². The molecular formula is C16H20O4. The molecule has 0 spiro atoms. The molecular weight excluding hydrogens is 256 g/mol. The van der Waals surface area contributed by atoms with Gasteiger partial charge >= 0.3 is 11.9 Å². The highest BCUT2D eigenvalue weighted by Gasteiger charge is 2.45. The van der Waals surface area contributed by atoms with E-state index in [1.807, 2.05) is 30.3 Å². The smallest absolute Gasteiger partial charge is 0.313 e. The fraction of sp³-hybridized carbons (Fsp3) is 0.500. The third-order valence-corrected chi connectivity index (χ3v) is 3.49. The Bertz CT molecular complexity index is 481. The molecule has 1 saturated heterocycles. The maximum absolute atomic E-state index is 11.9. The van der Waals surface area contributed by atoms with Gasteiger partial charge < -0.3 is 9.47 Å². The third-order valence-electron chi connectivity index (χ3n) is 3.49. The quantitative estimate of drug-likeness (QED) is 0.792. The lowest BCUT2D eigenvalue weighted by atomic mass is 9.93. The number of ether oxygens (including phenoxy) is 2. The monoisotopic (exact) mass is 276 g/mol. The predicted octanol–water partition coefficient (Wildman–Crippen LogP) is 2.36. The van der Waals surface area contributed by atoms with Gasteiger partial charge in [0.15, 0.2) is 6.10 Å². The van der Waals surface area contributed by atoms with E-state index in [1.54, 1.807) is 20.8 Å². The first-order chi connectivity index (χ1) is 9.49. The van der Waals surface area contributed by atoms with Crippen LogP contribution in [-0.2, 0) is 25.5 Å². The van der Waals surface area contributed by atoms with Crippen molar-refractivity contribution in [3.8, 4) is 0 Å². The summed E-state index contributed by atoms with van der Waals surface area (Å²) < 4.78 is 10.7. The van der Waals surface area contributed by atoms with Crippen LogP contribution in [0.3, 0.4) is 0 Å². The summed E-state index contributed by atoms with van der Waals surface area (Å²) in [4.78, 5) is 23.7. The maximum Gasteiger partial charge on any atom is 0.313 e. The molecule has 4 nitrogen and oxygen atoms in total. The van der Waals surface area contributed by atoms with Gasteiger partial charge in [0.25, 0.3) is 0 Å². The normalized spacial score (nSPS) is 25.6. The number of rotatable bonds is 4. The summed E-state index contributed by atoms with van der Waals surface area (Å²) >= 11 is 0. The van der Waals surface area contributed by atoms with Crippen molar-refractivity contribution in [1.29, 1.82) is 0 Å². The summed E-state index contributed by atoms with van der Waals surface area (Å²) in [7, 11) is 0. The van der Waals surface area contributed by atoms with E-state index in [-0.39, 0.29) is 24.0 Å². The lowest BCUT2D eigenvalue weighted by molar-refractivity contribution is -0.156. The summed E-state index contributed by atoms with van der Waals surface area (Å²) in [6.45, 7) is 5.31. The highest BCUT2D eigenvalue weighted by Crippen LogP contribution is 2.28. The summed E-state index contributed by atoms with van der Waals surface area (Å²) in [6.07, 6.45) is -0.364. The van der Waals surface area contributed by atoms with E-state index in [0.29, 0.717) is 6.42 Å². The van der Waals surface area contributed by atoms with Gasteiger partial charge in [-0.3, -0.25) is 9.59 Å². The van der Waals surface area contributed by atoms with Crippen LogP contribution >= 0.6 is 0 Å². The number of hydrogen-bond acceptors (Lipinski definition) is 4. The summed E-state index contributed by atoms with van der Waals surface area (Å²) in [5.74, 6) is -1.22. The first-order valence-electron chi connectivity index (χ1n) is 6.94. The number of hydrogen-bond donors (Lipinski definition) is 0. The highest BCUT2D eigenvalue weighted by atomic mass is 16.6. The number of cyclic esters (lactones) is 1. The molecule has 1 aliphatic heterocycles. The van der Waals surface area contributed by atoms with E-state index >= 15 is 0 Å². The zero-order chi connectivity index (χ0) is 14.7. The van der Waals surface area contributed by atoms with E-state index in [2.05, 4.69) is 0 Å². The van der Waals surface area contributed by atoms with E-state index < -0.39 is 12.0 Å². The second kappa shape index (κ2) is 6.07. The van der Waals surface area contributed by atoms with E-state index in [1.165, 1.54) is 0 Å². The minimum atomic E-state index is -0.502. The van der Waals surface area contributed by atoms with Crippen LogP contribution in [0.2, 0.25) is 0 Å². The van der Waals surface area contributed by atoms with E-state index in [0.717, 1.165) is 5.56 Å². The standard InChI is InChI=1S/C16H20O4/c1-10(2)15(17)20-14-11(3)19-16(18)13(14)9-12-7-5-4-6-8-12/h4-8,10-11,13-14H,9H2,1-3H3/t11-,13+,14-/m0/s1. The van der Waals surface area contributed by atoms with Gasteiger partial charge in [-0.05, 0) is 18.9 Å². The number of carbonyl (C=O) groups excluding carboxylic acids is 2. The molecule has 1 heterocycles. The molecule has 0 saturated carbocycles. The van der Waals surface area contributed by atoms with Crippen molar-refractivity contribution in [2.24, 2.45) is 11.8 Å². The molecule has 1 aromatic carbocycles. The van der Waals surface area contributed by atoms with Crippen molar-refractivity contribution in [3.63, 3.8) is 0 Å². The topological polar surface area (TPSA) is 52.6 Å². The Hall–Kier alpha value is -1.84. The lowest BCUT2D eigenvalue weighted by Gasteiger charge is -2.20. The average molecular weight is 276 g/mol. The summed E-state index contributed by atoms with van der Waals surface area (Å²) in [5, 5.41) is 0. The molecule has 3 atom stereocenters. The predicted molar refractivity (Wildman–Crippen MR) is 73.9 cm³/mol. The Labute approximate surface area is 119 Å². The van der Waals surface area contributed by atoms with Crippen LogP contribution in [0.5, 0.6) is 0 Å². The summed E-state index contributed by atoms with van der Waals surface area (Å²) in [6, 6.07) is 9.69. The van der Waals surface area contributed by atoms with Crippen LogP contribution in [-0.4, -0.2) is 24.1 Å². The average Bonchev–Trinajstić information content (AvgIpc) is 2.67. The molecule has 0 unspecified atom stereocenters. The molecule has 108 valence electrons. The largest absolute Gasteiger partial charge is 0.458 e. The first kappa shape index (κ1) is 14.6. The number of carbonyl (C=O) groups is 2. The molecule has 1 aliphatic rings. The van der Waals surface area contributed by atoms with Gasteiger partial charge in [0.05, 0.1) is 5.92 Å². The zero-order valence-electron chi connectivity index (χ0n) is 12.0. The Morgan fingerprint density at radius 3 is 2.55 bits per heavy atom. The molecule has 0 amide bonds. The molecule has 0 aliphatic carbocycles. The van der Waals surface area contributed by atoms with Crippen LogP contribution < -0.4 is 0 Å². The van der Waals surface area contributed by atoms with Gasteiger partial charge in [0, 0.05) is 0 Å². The van der Waals surface area contributed by atoms with Crippen LogP contribution in [0, 0.1) is 11.8 Å². The SMILES string of the molecule is CC(C)C(=O)O[C@H]1[C@H](C)OC(=O)[C@@H]1Cc1ccccc1. The number of benzene rings is 1. The molecule has 1 aromatic rings. The molecule has 1 fully saturated rings. The van der Waals surface area contributed by atoms with E-state index in [9.17, 15) is 9.59 Å². The van der Waals surface area contributed by atoms with Gasteiger partial charge in [-0.25, -0.2) is 0 Å². The summed E-state index contributed by atoms with van der Waals surface area (Å²) in [5.41, 5.74) is 1.04. The molecule has 20 heavy (non-hydrogen) atoms. The zero-order valence-corrected chi connectivity index (χ0v) is 12.0. The molecule has 0 bridgehead atoms. The molecule has 2 rings (SSSR count). The lowest BCUT2D eigenvalue weighted by Crippen LogP contribution is -2.33. The van der Waals surface area contributed by atoms with Gasteiger partial charge in [0.2, 0.25) is 0 Å². The van der Waals surface area contributed by atoms with E-state index in [4.69, 9.17) is 9.47 Å². The van der Waals surface area contributed by atoms with Gasteiger partial charge in [0.1, 0.15) is 12.0 Å². The van der Waals surface area contributed by atoms with Crippen LogP contribution in [0.25, 0.3) is 0 Å². The van der Waals surface area contributed by atoms with Crippen molar-refractivity contribution in [2.45, 2.75) is 39.4 Å². The minimum absolute atomic E-state index is 0.213. The van der Waals surface area contributed by atoms with Crippen LogP contribution in [0.4, 0.5) is 0 Å². The first-order valence-corrected chi connectivity index (χ1v) is 6.94. The minimum Gasteiger partial charge on any atom is -0.458 e. The second-order valence-corrected chi connectivity index (χ2v) is 5.49. The highest BCUT2D eigenvalue weighted by molar-refractivity contribution is 5.78. The Kier molecular flexibility index (Phi) is 4.42. The Balaban J connectivity index is 2.11.